The minimum absolute atomic E-state index is 0. The Morgan fingerprint density at radius 1 is 1.20 bits per heavy atom. The highest BCUT2D eigenvalue weighted by Gasteiger charge is 2.10. The molecule has 0 spiro atoms. The fraction of sp³-hybridized carbons (Fsp3) is 0.533. The number of benzene rings is 1. The largest absolute Gasteiger partial charge is 0.508 e. The second kappa shape index (κ2) is 9.05. The first-order chi connectivity index (χ1) is 8.90. The SMILES string of the molecule is CN=C(NCCCc1ccc(O)cc1)NC(C)(C)C.I. The molecule has 0 aromatic heterocycles. The fourth-order valence-corrected chi connectivity index (χ4v) is 1.70. The summed E-state index contributed by atoms with van der Waals surface area (Å²) < 4.78 is 0. The summed E-state index contributed by atoms with van der Waals surface area (Å²) in [6.45, 7) is 7.19. The molecule has 1 aromatic rings. The number of phenols is 1. The Hall–Kier alpha value is -0.980. The van der Waals surface area contributed by atoms with Crippen LogP contribution in [0.15, 0.2) is 29.3 Å². The van der Waals surface area contributed by atoms with Gasteiger partial charge in [0.15, 0.2) is 5.96 Å². The molecule has 0 bridgehead atoms. The number of rotatable bonds is 4. The summed E-state index contributed by atoms with van der Waals surface area (Å²) in [6.07, 6.45) is 2.01. The minimum Gasteiger partial charge on any atom is -0.508 e. The van der Waals surface area contributed by atoms with E-state index in [1.807, 2.05) is 12.1 Å². The van der Waals surface area contributed by atoms with Crippen molar-refractivity contribution in [3.63, 3.8) is 0 Å². The van der Waals surface area contributed by atoms with Gasteiger partial charge in [-0.2, -0.15) is 0 Å². The zero-order chi connectivity index (χ0) is 14.3. The Labute approximate surface area is 139 Å². The Kier molecular flexibility index (Phi) is 8.60. The lowest BCUT2D eigenvalue weighted by Crippen LogP contribution is -2.47. The fourth-order valence-electron chi connectivity index (χ4n) is 1.70. The lowest BCUT2D eigenvalue weighted by molar-refractivity contribution is 0.475. The van der Waals surface area contributed by atoms with Gasteiger partial charge in [-0.25, -0.2) is 0 Å². The standard InChI is InChI=1S/C15H25N3O.HI/c1-15(2,3)18-14(16-4)17-11-5-6-12-7-9-13(19)10-8-12;/h7-10,19H,5-6,11H2,1-4H3,(H2,16,17,18);1H. The van der Waals surface area contributed by atoms with Crippen LogP contribution in [0.25, 0.3) is 0 Å². The van der Waals surface area contributed by atoms with E-state index in [0.717, 1.165) is 25.3 Å². The van der Waals surface area contributed by atoms with E-state index in [-0.39, 0.29) is 29.5 Å². The summed E-state index contributed by atoms with van der Waals surface area (Å²) >= 11 is 0. The molecule has 0 amide bonds. The van der Waals surface area contributed by atoms with Crippen LogP contribution in [0.1, 0.15) is 32.8 Å². The summed E-state index contributed by atoms with van der Waals surface area (Å²) in [7, 11) is 1.78. The van der Waals surface area contributed by atoms with Crippen molar-refractivity contribution in [2.75, 3.05) is 13.6 Å². The highest BCUT2D eigenvalue weighted by Crippen LogP contribution is 2.10. The van der Waals surface area contributed by atoms with E-state index in [4.69, 9.17) is 0 Å². The van der Waals surface area contributed by atoms with Crippen molar-refractivity contribution >= 4 is 29.9 Å². The summed E-state index contributed by atoms with van der Waals surface area (Å²) in [4.78, 5) is 4.19. The number of aliphatic imine (C=N–C) groups is 1. The molecule has 0 heterocycles. The van der Waals surface area contributed by atoms with Crippen molar-refractivity contribution in [2.45, 2.75) is 39.2 Å². The lowest BCUT2D eigenvalue weighted by Gasteiger charge is -2.23. The molecule has 5 heteroatoms. The molecule has 0 aliphatic carbocycles. The summed E-state index contributed by atoms with van der Waals surface area (Å²) in [5, 5.41) is 15.8. The number of nitrogens with one attached hydrogen (secondary N) is 2. The molecule has 0 saturated carbocycles. The first-order valence-corrected chi connectivity index (χ1v) is 6.67. The molecular formula is C15H26IN3O. The minimum atomic E-state index is 0. The number of guanidine groups is 1. The molecule has 1 rings (SSSR count). The van der Waals surface area contributed by atoms with E-state index < -0.39 is 0 Å². The number of hydrogen-bond acceptors (Lipinski definition) is 2. The number of aryl methyl sites for hydroxylation is 1. The van der Waals surface area contributed by atoms with E-state index in [2.05, 4.69) is 36.4 Å². The van der Waals surface area contributed by atoms with Crippen molar-refractivity contribution in [3.8, 4) is 5.75 Å². The molecule has 0 fully saturated rings. The molecule has 0 saturated heterocycles. The van der Waals surface area contributed by atoms with Gasteiger partial charge in [-0.1, -0.05) is 12.1 Å². The third-order valence-corrected chi connectivity index (χ3v) is 2.59. The second-order valence-corrected chi connectivity index (χ2v) is 5.64. The number of nitrogens with zero attached hydrogens (tertiary/aromatic N) is 1. The van der Waals surface area contributed by atoms with Crippen LogP contribution in [0.2, 0.25) is 0 Å². The van der Waals surface area contributed by atoms with Crippen molar-refractivity contribution in [1.29, 1.82) is 0 Å². The van der Waals surface area contributed by atoms with Crippen molar-refractivity contribution < 1.29 is 5.11 Å². The number of aromatic hydroxyl groups is 1. The van der Waals surface area contributed by atoms with Gasteiger partial charge in [-0.05, 0) is 51.3 Å². The van der Waals surface area contributed by atoms with Crippen LogP contribution in [0.5, 0.6) is 5.75 Å². The molecule has 0 radical (unpaired) electrons. The highest BCUT2D eigenvalue weighted by atomic mass is 127. The van der Waals surface area contributed by atoms with Crippen LogP contribution in [0, 0.1) is 0 Å². The van der Waals surface area contributed by atoms with Crippen molar-refractivity contribution in [3.05, 3.63) is 29.8 Å². The maximum atomic E-state index is 9.20. The quantitative estimate of drug-likeness (QED) is 0.320. The van der Waals surface area contributed by atoms with Gasteiger partial charge in [0, 0.05) is 19.1 Å². The zero-order valence-corrected chi connectivity index (χ0v) is 15.1. The van der Waals surface area contributed by atoms with Crippen LogP contribution in [0.4, 0.5) is 0 Å². The van der Waals surface area contributed by atoms with Crippen LogP contribution in [-0.4, -0.2) is 30.2 Å². The van der Waals surface area contributed by atoms with Crippen LogP contribution >= 0.6 is 24.0 Å². The predicted octanol–water partition coefficient (Wildman–Crippen LogP) is 2.91. The van der Waals surface area contributed by atoms with Crippen molar-refractivity contribution in [2.24, 2.45) is 4.99 Å². The van der Waals surface area contributed by atoms with Gasteiger partial charge in [0.2, 0.25) is 0 Å². The van der Waals surface area contributed by atoms with Crippen molar-refractivity contribution in [1.82, 2.24) is 10.6 Å². The number of hydrogen-bond donors (Lipinski definition) is 3. The molecule has 3 N–H and O–H groups in total. The van der Waals surface area contributed by atoms with Gasteiger partial charge in [-0.15, -0.1) is 24.0 Å². The zero-order valence-electron chi connectivity index (χ0n) is 12.7. The van der Waals surface area contributed by atoms with Gasteiger partial charge < -0.3 is 15.7 Å². The average molecular weight is 391 g/mol. The predicted molar refractivity (Wildman–Crippen MR) is 96.1 cm³/mol. The van der Waals surface area contributed by atoms with E-state index in [0.29, 0.717) is 5.75 Å². The molecule has 0 unspecified atom stereocenters. The molecular weight excluding hydrogens is 365 g/mol. The summed E-state index contributed by atoms with van der Waals surface area (Å²) in [5.74, 6) is 1.15. The molecule has 20 heavy (non-hydrogen) atoms. The van der Waals surface area contributed by atoms with Crippen LogP contribution in [-0.2, 0) is 6.42 Å². The number of halogens is 1. The molecule has 4 nitrogen and oxygen atoms in total. The normalized spacial score (nSPS) is 11.7. The summed E-state index contributed by atoms with van der Waals surface area (Å²) in [5.41, 5.74) is 1.25. The highest BCUT2D eigenvalue weighted by molar-refractivity contribution is 14.0. The molecule has 114 valence electrons. The Balaban J connectivity index is 0.00000361. The third kappa shape index (κ3) is 8.24. The smallest absolute Gasteiger partial charge is 0.191 e. The van der Waals surface area contributed by atoms with Gasteiger partial charge in [-0.3, -0.25) is 4.99 Å². The molecule has 0 atom stereocenters. The maximum absolute atomic E-state index is 9.20. The Morgan fingerprint density at radius 3 is 2.30 bits per heavy atom. The van der Waals surface area contributed by atoms with E-state index >= 15 is 0 Å². The Bertz CT molecular complexity index is 410. The monoisotopic (exact) mass is 391 g/mol. The molecule has 0 aliphatic rings. The van der Waals surface area contributed by atoms with E-state index in [1.54, 1.807) is 19.2 Å². The topological polar surface area (TPSA) is 56.7 Å². The van der Waals surface area contributed by atoms with Gasteiger partial charge in [0.05, 0.1) is 0 Å². The van der Waals surface area contributed by atoms with Crippen LogP contribution < -0.4 is 10.6 Å². The maximum Gasteiger partial charge on any atom is 0.191 e. The van der Waals surface area contributed by atoms with Gasteiger partial charge in [0.25, 0.3) is 0 Å². The second-order valence-electron chi connectivity index (χ2n) is 5.64. The summed E-state index contributed by atoms with van der Waals surface area (Å²) in [6, 6.07) is 7.36. The number of phenolic OH excluding ortho intramolecular Hbond substituents is 1. The molecule has 1 aromatic carbocycles. The third-order valence-electron chi connectivity index (χ3n) is 2.59. The van der Waals surface area contributed by atoms with Crippen LogP contribution in [0.3, 0.4) is 0 Å². The first-order valence-electron chi connectivity index (χ1n) is 6.67. The average Bonchev–Trinajstić information content (AvgIpc) is 2.34. The van der Waals surface area contributed by atoms with E-state index in [1.165, 1.54) is 5.56 Å². The van der Waals surface area contributed by atoms with Gasteiger partial charge >= 0.3 is 0 Å². The van der Waals surface area contributed by atoms with E-state index in [9.17, 15) is 5.11 Å². The Morgan fingerprint density at radius 2 is 1.80 bits per heavy atom. The van der Waals surface area contributed by atoms with Gasteiger partial charge in [0.1, 0.15) is 5.75 Å². The first kappa shape index (κ1) is 19.0. The molecule has 0 aliphatic heterocycles. The lowest BCUT2D eigenvalue weighted by atomic mass is 10.1.